The number of carbonyl (C=O) groups is 1. The van der Waals surface area contributed by atoms with Gasteiger partial charge in [0.15, 0.2) is 0 Å². The fourth-order valence-corrected chi connectivity index (χ4v) is 3.33. The molecule has 1 amide bonds. The fraction of sp³-hybridized carbons (Fsp3) is 0.588. The number of nitrogens with zero attached hydrogens (tertiary/aromatic N) is 6. The minimum atomic E-state index is 0.182. The third-order valence-electron chi connectivity index (χ3n) is 4.68. The predicted molar refractivity (Wildman–Crippen MR) is 96.4 cm³/mol. The number of aromatic nitrogens is 4. The molecule has 0 bridgehead atoms. The summed E-state index contributed by atoms with van der Waals surface area (Å²) >= 11 is 6.00. The average molecular weight is 365 g/mol. The van der Waals surface area contributed by atoms with Gasteiger partial charge < -0.3 is 4.90 Å². The van der Waals surface area contributed by atoms with Gasteiger partial charge in [-0.15, -0.1) is 0 Å². The average Bonchev–Trinajstić information content (AvgIpc) is 3.07. The maximum absolute atomic E-state index is 12.4. The van der Waals surface area contributed by atoms with Crippen molar-refractivity contribution in [1.29, 1.82) is 0 Å². The second-order valence-corrected chi connectivity index (χ2v) is 7.05. The second-order valence-electron chi connectivity index (χ2n) is 6.65. The summed E-state index contributed by atoms with van der Waals surface area (Å²) in [4.78, 5) is 16.7. The van der Waals surface area contributed by atoms with E-state index in [2.05, 4.69) is 21.3 Å². The smallest absolute Gasteiger partial charge is 0.224 e. The number of hydrogen-bond acceptors (Lipinski definition) is 4. The molecule has 8 heteroatoms. The van der Waals surface area contributed by atoms with E-state index in [9.17, 15) is 4.79 Å². The highest BCUT2D eigenvalue weighted by Crippen LogP contribution is 2.14. The predicted octanol–water partition coefficient (Wildman–Crippen LogP) is 1.62. The van der Waals surface area contributed by atoms with Gasteiger partial charge in [-0.3, -0.25) is 19.1 Å². The van der Waals surface area contributed by atoms with Crippen molar-refractivity contribution >= 4 is 17.5 Å². The second kappa shape index (κ2) is 7.58. The Labute approximate surface area is 153 Å². The first kappa shape index (κ1) is 17.9. The zero-order valence-electron chi connectivity index (χ0n) is 15.1. The highest BCUT2D eigenvalue weighted by atomic mass is 35.5. The molecule has 0 aromatic carbocycles. The van der Waals surface area contributed by atoms with Crippen molar-refractivity contribution in [1.82, 2.24) is 29.4 Å². The lowest BCUT2D eigenvalue weighted by Gasteiger charge is -2.34. The van der Waals surface area contributed by atoms with E-state index < -0.39 is 0 Å². The van der Waals surface area contributed by atoms with Crippen molar-refractivity contribution in [3.05, 3.63) is 34.4 Å². The van der Waals surface area contributed by atoms with E-state index in [1.54, 1.807) is 10.9 Å². The largest absolute Gasteiger partial charge is 0.340 e. The van der Waals surface area contributed by atoms with Crippen LogP contribution in [0.25, 0.3) is 0 Å². The molecule has 2 aromatic rings. The van der Waals surface area contributed by atoms with Crippen LogP contribution in [0.2, 0.25) is 5.02 Å². The van der Waals surface area contributed by atoms with Crippen LogP contribution in [0.1, 0.15) is 23.4 Å². The van der Waals surface area contributed by atoms with Gasteiger partial charge in [-0.05, 0) is 13.8 Å². The summed E-state index contributed by atoms with van der Waals surface area (Å²) < 4.78 is 3.60. The summed E-state index contributed by atoms with van der Waals surface area (Å²) in [6.45, 7) is 8.71. The summed E-state index contributed by atoms with van der Waals surface area (Å²) in [7, 11) is 1.95. The normalized spacial score (nSPS) is 15.8. The molecule has 0 unspecified atom stereocenters. The maximum Gasteiger partial charge on any atom is 0.224 e. The van der Waals surface area contributed by atoms with Gasteiger partial charge in [-0.25, -0.2) is 0 Å². The number of rotatable bonds is 5. The van der Waals surface area contributed by atoms with Gasteiger partial charge in [0.05, 0.1) is 16.4 Å². The van der Waals surface area contributed by atoms with Crippen LogP contribution in [0.3, 0.4) is 0 Å². The molecule has 0 atom stereocenters. The SMILES string of the molecule is Cc1nn(CCC(=O)N2CCN(Cc3cn(C)nc3C)CC2)cc1Cl. The molecule has 0 radical (unpaired) electrons. The molecule has 1 fully saturated rings. The topological polar surface area (TPSA) is 59.2 Å². The Morgan fingerprint density at radius 1 is 1.12 bits per heavy atom. The molecule has 0 N–H and O–H groups in total. The molecule has 136 valence electrons. The van der Waals surface area contributed by atoms with E-state index in [0.29, 0.717) is 18.0 Å². The Balaban J connectivity index is 1.45. The lowest BCUT2D eigenvalue weighted by molar-refractivity contribution is -0.133. The molecule has 7 nitrogen and oxygen atoms in total. The molecule has 3 heterocycles. The van der Waals surface area contributed by atoms with Gasteiger partial charge in [0, 0.05) is 70.7 Å². The monoisotopic (exact) mass is 364 g/mol. The van der Waals surface area contributed by atoms with Gasteiger partial charge >= 0.3 is 0 Å². The van der Waals surface area contributed by atoms with Crippen molar-refractivity contribution in [2.75, 3.05) is 26.2 Å². The van der Waals surface area contributed by atoms with Crippen LogP contribution >= 0.6 is 11.6 Å². The highest BCUT2D eigenvalue weighted by Gasteiger charge is 2.21. The van der Waals surface area contributed by atoms with Gasteiger partial charge in [-0.1, -0.05) is 11.6 Å². The van der Waals surface area contributed by atoms with Crippen molar-refractivity contribution in [2.45, 2.75) is 33.4 Å². The Bertz CT molecular complexity index is 725. The minimum absolute atomic E-state index is 0.182. The molecule has 25 heavy (non-hydrogen) atoms. The van der Waals surface area contributed by atoms with Crippen LogP contribution < -0.4 is 0 Å². The Hall–Kier alpha value is -1.86. The molecule has 1 aliphatic rings. The van der Waals surface area contributed by atoms with Gasteiger partial charge in [0.2, 0.25) is 5.91 Å². The van der Waals surface area contributed by atoms with Crippen LogP contribution in [0.15, 0.2) is 12.4 Å². The number of aryl methyl sites for hydroxylation is 4. The van der Waals surface area contributed by atoms with E-state index in [4.69, 9.17) is 11.6 Å². The third-order valence-corrected chi connectivity index (χ3v) is 5.05. The van der Waals surface area contributed by atoms with Gasteiger partial charge in [-0.2, -0.15) is 10.2 Å². The molecule has 1 aliphatic heterocycles. The van der Waals surface area contributed by atoms with Crippen LogP contribution in [0, 0.1) is 13.8 Å². The molecule has 2 aromatic heterocycles. The third kappa shape index (κ3) is 4.41. The number of halogens is 1. The lowest BCUT2D eigenvalue weighted by atomic mass is 10.2. The van der Waals surface area contributed by atoms with E-state index >= 15 is 0 Å². The maximum atomic E-state index is 12.4. The summed E-state index contributed by atoms with van der Waals surface area (Å²) in [6, 6.07) is 0. The first-order valence-corrected chi connectivity index (χ1v) is 8.99. The number of amides is 1. The summed E-state index contributed by atoms with van der Waals surface area (Å²) in [5.74, 6) is 0.182. The molecule has 1 saturated heterocycles. The van der Waals surface area contributed by atoms with Crippen molar-refractivity contribution in [3.63, 3.8) is 0 Å². The van der Waals surface area contributed by atoms with E-state index in [0.717, 1.165) is 44.1 Å². The van der Waals surface area contributed by atoms with Crippen molar-refractivity contribution in [2.24, 2.45) is 7.05 Å². The van der Waals surface area contributed by atoms with Crippen molar-refractivity contribution in [3.8, 4) is 0 Å². The van der Waals surface area contributed by atoms with Crippen molar-refractivity contribution < 1.29 is 4.79 Å². The quantitative estimate of drug-likeness (QED) is 0.809. The van der Waals surface area contributed by atoms with Gasteiger partial charge in [0.25, 0.3) is 0 Å². The Kier molecular flexibility index (Phi) is 5.44. The van der Waals surface area contributed by atoms with Crippen LogP contribution in [-0.4, -0.2) is 61.4 Å². The first-order chi connectivity index (χ1) is 11.9. The van der Waals surface area contributed by atoms with E-state index in [1.807, 2.05) is 30.5 Å². The zero-order chi connectivity index (χ0) is 18.0. The zero-order valence-corrected chi connectivity index (χ0v) is 15.8. The van der Waals surface area contributed by atoms with Crippen LogP contribution in [0.4, 0.5) is 0 Å². The molecule has 0 saturated carbocycles. The number of carbonyl (C=O) groups excluding carboxylic acids is 1. The molecular formula is C17H25ClN6O. The Morgan fingerprint density at radius 3 is 2.40 bits per heavy atom. The highest BCUT2D eigenvalue weighted by molar-refractivity contribution is 6.31. The first-order valence-electron chi connectivity index (χ1n) is 8.61. The number of hydrogen-bond donors (Lipinski definition) is 0. The summed E-state index contributed by atoms with van der Waals surface area (Å²) in [6.07, 6.45) is 4.31. The number of piperazine rings is 1. The summed E-state index contributed by atoms with van der Waals surface area (Å²) in [5, 5.41) is 9.33. The lowest BCUT2D eigenvalue weighted by Crippen LogP contribution is -2.48. The Morgan fingerprint density at radius 2 is 1.84 bits per heavy atom. The summed E-state index contributed by atoms with van der Waals surface area (Å²) in [5.41, 5.74) is 3.14. The minimum Gasteiger partial charge on any atom is -0.340 e. The molecule has 0 spiro atoms. The standard InChI is InChI=1S/C17H25ClN6O/c1-13-15(10-21(3)19-13)11-22-6-8-23(9-7-22)17(25)4-5-24-12-16(18)14(2)20-24/h10,12H,4-9,11H2,1-3H3. The van der Waals surface area contributed by atoms with Crippen LogP contribution in [0.5, 0.6) is 0 Å². The molecular weight excluding hydrogens is 340 g/mol. The van der Waals surface area contributed by atoms with Gasteiger partial charge in [0.1, 0.15) is 0 Å². The molecule has 3 rings (SSSR count). The van der Waals surface area contributed by atoms with E-state index in [-0.39, 0.29) is 5.91 Å². The molecule has 0 aliphatic carbocycles. The fourth-order valence-electron chi connectivity index (χ4n) is 3.18. The van der Waals surface area contributed by atoms with Crippen LogP contribution in [-0.2, 0) is 24.9 Å². The van der Waals surface area contributed by atoms with E-state index in [1.165, 1.54) is 5.56 Å².